The van der Waals surface area contributed by atoms with Crippen LogP contribution in [0.2, 0.25) is 0 Å². The number of benzene rings is 2. The Bertz CT molecular complexity index is 944. The van der Waals surface area contributed by atoms with Gasteiger partial charge in [0.2, 0.25) is 10.0 Å². The Morgan fingerprint density at radius 2 is 1.79 bits per heavy atom. The average Bonchev–Trinajstić information content (AvgIpc) is 2.72. The zero-order valence-electron chi connectivity index (χ0n) is 17.0. The molecule has 1 heterocycles. The van der Waals surface area contributed by atoms with Crippen molar-refractivity contribution in [1.82, 2.24) is 5.32 Å². The standard InChI is InChI=1S/C22H28N2O4S/c1-4-29(26,27)24-15-21(28-20-13-9-8-12-19(20)24)22(25)23-18(14-16(2)3)17-10-6-5-7-11-17/h5-13,16,18,21H,4,14-15H2,1-3H3,(H,23,25)/t18-,21-/m1/s1. The lowest BCUT2D eigenvalue weighted by Gasteiger charge is -2.35. The minimum atomic E-state index is -3.53. The van der Waals surface area contributed by atoms with Crippen molar-refractivity contribution in [1.29, 1.82) is 0 Å². The molecular weight excluding hydrogens is 388 g/mol. The topological polar surface area (TPSA) is 75.7 Å². The Morgan fingerprint density at radius 3 is 2.45 bits per heavy atom. The normalized spacial score (nSPS) is 17.4. The molecule has 0 bridgehead atoms. The molecule has 0 saturated heterocycles. The van der Waals surface area contributed by atoms with Crippen LogP contribution in [0.3, 0.4) is 0 Å². The van der Waals surface area contributed by atoms with Gasteiger partial charge in [-0.15, -0.1) is 0 Å². The molecule has 0 saturated carbocycles. The summed E-state index contributed by atoms with van der Waals surface area (Å²) in [5.41, 5.74) is 1.49. The summed E-state index contributed by atoms with van der Waals surface area (Å²) < 4.78 is 32.4. The van der Waals surface area contributed by atoms with Crippen LogP contribution in [0.25, 0.3) is 0 Å². The van der Waals surface area contributed by atoms with Gasteiger partial charge in [0.15, 0.2) is 6.10 Å². The van der Waals surface area contributed by atoms with Crippen LogP contribution in [0.1, 0.15) is 38.8 Å². The Morgan fingerprint density at radius 1 is 1.14 bits per heavy atom. The number of para-hydroxylation sites is 2. The Kier molecular flexibility index (Phi) is 6.47. The second-order valence-electron chi connectivity index (χ2n) is 7.61. The molecule has 1 aliphatic rings. The number of carbonyl (C=O) groups is 1. The van der Waals surface area contributed by atoms with Crippen molar-refractivity contribution in [3.05, 3.63) is 60.2 Å². The fourth-order valence-corrected chi connectivity index (χ4v) is 4.58. The molecule has 2 atom stereocenters. The number of nitrogens with zero attached hydrogens (tertiary/aromatic N) is 1. The van der Waals surface area contributed by atoms with Gasteiger partial charge in [0.05, 0.1) is 24.0 Å². The van der Waals surface area contributed by atoms with E-state index in [1.54, 1.807) is 31.2 Å². The van der Waals surface area contributed by atoms with E-state index in [1.807, 2.05) is 30.3 Å². The summed E-state index contributed by atoms with van der Waals surface area (Å²) in [5, 5.41) is 3.07. The molecule has 0 aromatic heterocycles. The molecule has 2 aromatic rings. The highest BCUT2D eigenvalue weighted by Gasteiger charge is 2.36. The number of amides is 1. The number of hydrogen-bond donors (Lipinski definition) is 1. The Balaban J connectivity index is 1.85. The Hall–Kier alpha value is -2.54. The lowest BCUT2D eigenvalue weighted by Crippen LogP contribution is -2.51. The summed E-state index contributed by atoms with van der Waals surface area (Å²) in [4.78, 5) is 13.1. The van der Waals surface area contributed by atoms with Crippen molar-refractivity contribution >= 4 is 21.6 Å². The van der Waals surface area contributed by atoms with Gasteiger partial charge in [0.25, 0.3) is 5.91 Å². The van der Waals surface area contributed by atoms with E-state index in [9.17, 15) is 13.2 Å². The molecule has 6 nitrogen and oxygen atoms in total. The highest BCUT2D eigenvalue weighted by atomic mass is 32.2. The van der Waals surface area contributed by atoms with Gasteiger partial charge in [-0.3, -0.25) is 9.10 Å². The third-order valence-electron chi connectivity index (χ3n) is 4.95. The lowest BCUT2D eigenvalue weighted by atomic mass is 9.96. The molecule has 0 unspecified atom stereocenters. The summed E-state index contributed by atoms with van der Waals surface area (Å²) in [6, 6.07) is 16.5. The van der Waals surface area contributed by atoms with Crippen molar-refractivity contribution in [3.63, 3.8) is 0 Å². The molecule has 1 aliphatic heterocycles. The van der Waals surface area contributed by atoms with E-state index < -0.39 is 16.1 Å². The molecule has 0 spiro atoms. The van der Waals surface area contributed by atoms with E-state index in [-0.39, 0.29) is 24.2 Å². The molecule has 29 heavy (non-hydrogen) atoms. The van der Waals surface area contributed by atoms with Gasteiger partial charge in [0.1, 0.15) is 5.75 Å². The van der Waals surface area contributed by atoms with Gasteiger partial charge in [-0.1, -0.05) is 56.3 Å². The summed E-state index contributed by atoms with van der Waals surface area (Å²) in [5.74, 6) is 0.419. The maximum absolute atomic E-state index is 13.1. The van der Waals surface area contributed by atoms with Crippen molar-refractivity contribution in [2.24, 2.45) is 5.92 Å². The third kappa shape index (κ3) is 4.90. The number of hydrogen-bond acceptors (Lipinski definition) is 4. The van der Waals surface area contributed by atoms with E-state index in [2.05, 4.69) is 19.2 Å². The number of fused-ring (bicyclic) bond motifs is 1. The molecule has 1 N–H and O–H groups in total. The summed E-state index contributed by atoms with van der Waals surface area (Å²) in [7, 11) is -3.53. The predicted octanol–water partition coefficient (Wildman–Crippen LogP) is 3.51. The summed E-state index contributed by atoms with van der Waals surface area (Å²) in [6.07, 6.45) is -0.139. The van der Waals surface area contributed by atoms with Crippen LogP contribution in [0.4, 0.5) is 5.69 Å². The number of anilines is 1. The lowest BCUT2D eigenvalue weighted by molar-refractivity contribution is -0.128. The van der Waals surface area contributed by atoms with Gasteiger partial charge < -0.3 is 10.1 Å². The number of rotatable bonds is 7. The highest BCUT2D eigenvalue weighted by molar-refractivity contribution is 7.92. The first kappa shape index (κ1) is 21.2. The molecule has 2 aromatic carbocycles. The second kappa shape index (κ2) is 8.86. The largest absolute Gasteiger partial charge is 0.476 e. The van der Waals surface area contributed by atoms with Crippen LogP contribution in [-0.4, -0.2) is 32.7 Å². The Labute approximate surface area is 172 Å². The molecule has 0 fully saturated rings. The molecule has 0 radical (unpaired) electrons. The maximum Gasteiger partial charge on any atom is 0.263 e. The SMILES string of the molecule is CCS(=O)(=O)N1C[C@H](C(=O)N[C@H](CC(C)C)c2ccccc2)Oc2ccccc21. The van der Waals surface area contributed by atoms with Crippen molar-refractivity contribution < 1.29 is 17.9 Å². The van der Waals surface area contributed by atoms with Crippen LogP contribution in [0, 0.1) is 5.92 Å². The van der Waals surface area contributed by atoms with E-state index in [4.69, 9.17) is 4.74 Å². The number of nitrogens with one attached hydrogen (secondary N) is 1. The number of ether oxygens (including phenoxy) is 1. The number of carbonyl (C=O) groups excluding carboxylic acids is 1. The molecule has 156 valence electrons. The zero-order valence-corrected chi connectivity index (χ0v) is 17.9. The fraction of sp³-hybridized carbons (Fsp3) is 0.409. The first-order valence-electron chi connectivity index (χ1n) is 9.93. The first-order chi connectivity index (χ1) is 13.8. The van der Waals surface area contributed by atoms with Crippen LogP contribution in [-0.2, 0) is 14.8 Å². The van der Waals surface area contributed by atoms with Gasteiger partial charge in [-0.05, 0) is 37.0 Å². The van der Waals surface area contributed by atoms with Gasteiger partial charge in [-0.2, -0.15) is 0 Å². The van der Waals surface area contributed by atoms with Crippen molar-refractivity contribution in [2.75, 3.05) is 16.6 Å². The molecule has 1 amide bonds. The van der Waals surface area contributed by atoms with Crippen LogP contribution >= 0.6 is 0 Å². The fourth-order valence-electron chi connectivity index (χ4n) is 3.46. The van der Waals surface area contributed by atoms with E-state index in [0.29, 0.717) is 17.4 Å². The van der Waals surface area contributed by atoms with Crippen LogP contribution in [0.15, 0.2) is 54.6 Å². The molecular formula is C22H28N2O4S. The zero-order chi connectivity index (χ0) is 21.0. The van der Waals surface area contributed by atoms with Crippen LogP contribution in [0.5, 0.6) is 5.75 Å². The minimum absolute atomic E-state index is 0.0395. The summed E-state index contributed by atoms with van der Waals surface area (Å²) >= 11 is 0. The summed E-state index contributed by atoms with van der Waals surface area (Å²) in [6.45, 7) is 5.76. The van der Waals surface area contributed by atoms with E-state index in [1.165, 1.54) is 4.31 Å². The quantitative estimate of drug-likeness (QED) is 0.749. The van der Waals surface area contributed by atoms with Crippen molar-refractivity contribution in [2.45, 2.75) is 39.3 Å². The van der Waals surface area contributed by atoms with Crippen LogP contribution < -0.4 is 14.4 Å². The van der Waals surface area contributed by atoms with Gasteiger partial charge >= 0.3 is 0 Å². The number of sulfonamides is 1. The third-order valence-corrected chi connectivity index (χ3v) is 6.70. The first-order valence-corrected chi connectivity index (χ1v) is 11.5. The predicted molar refractivity (Wildman–Crippen MR) is 114 cm³/mol. The maximum atomic E-state index is 13.1. The van der Waals surface area contributed by atoms with E-state index >= 15 is 0 Å². The monoisotopic (exact) mass is 416 g/mol. The molecule has 7 heteroatoms. The van der Waals surface area contributed by atoms with Gasteiger partial charge in [0, 0.05) is 0 Å². The minimum Gasteiger partial charge on any atom is -0.476 e. The van der Waals surface area contributed by atoms with Crippen molar-refractivity contribution in [3.8, 4) is 5.75 Å². The molecule has 0 aliphatic carbocycles. The van der Waals surface area contributed by atoms with Gasteiger partial charge in [-0.25, -0.2) is 8.42 Å². The highest BCUT2D eigenvalue weighted by Crippen LogP contribution is 2.35. The molecule has 3 rings (SSSR count). The smallest absolute Gasteiger partial charge is 0.263 e. The average molecular weight is 417 g/mol. The second-order valence-corrected chi connectivity index (χ2v) is 9.79. The van der Waals surface area contributed by atoms with E-state index in [0.717, 1.165) is 12.0 Å².